The van der Waals surface area contributed by atoms with Crippen LogP contribution in [0.25, 0.3) is 20.5 Å². The van der Waals surface area contributed by atoms with Gasteiger partial charge in [-0.05, 0) is 86.4 Å². The van der Waals surface area contributed by atoms with Crippen LogP contribution in [0.5, 0.6) is 17.2 Å². The number of rotatable bonds is 9. The van der Waals surface area contributed by atoms with Crippen molar-refractivity contribution in [3.63, 3.8) is 0 Å². The first kappa shape index (κ1) is 22.5. The van der Waals surface area contributed by atoms with Gasteiger partial charge < -0.3 is 19.5 Å². The van der Waals surface area contributed by atoms with Crippen molar-refractivity contribution in [2.24, 2.45) is 0 Å². The number of hydrogen-bond acceptors (Lipinski definition) is 7. The molecule has 0 aliphatic heterocycles. The highest BCUT2D eigenvalue weighted by atomic mass is 32.1. The molecular weight excluding hydrogens is 438 g/mol. The fraction of sp³-hybridized carbons (Fsp3) is 0.154. The number of benzene rings is 3. The summed E-state index contributed by atoms with van der Waals surface area (Å²) in [5.41, 5.74) is 1.94. The number of fused-ring (bicyclic) bond motifs is 1. The molecule has 0 saturated heterocycles. The number of carbonyl (C=O) groups excluding carboxylic acids is 2. The molecule has 3 aromatic carbocycles. The van der Waals surface area contributed by atoms with E-state index in [-0.39, 0.29) is 11.5 Å². The van der Waals surface area contributed by atoms with Crippen molar-refractivity contribution in [3.05, 3.63) is 77.9 Å². The number of ether oxygens (including phenoxy) is 2. The SMILES string of the molecule is CN(C)CCOc1ccc(C(=O)c2c(-c3ccc(OC=O)cc3)sc3cc(O)ccc23)cc1. The Morgan fingerprint density at radius 2 is 1.70 bits per heavy atom. The molecule has 1 aromatic heterocycles. The third kappa shape index (κ3) is 5.05. The second-order valence-corrected chi connectivity index (χ2v) is 8.78. The van der Waals surface area contributed by atoms with Crippen LogP contribution in [-0.2, 0) is 4.79 Å². The molecule has 0 radical (unpaired) electrons. The van der Waals surface area contributed by atoms with Gasteiger partial charge in [-0.1, -0.05) is 0 Å². The highest BCUT2D eigenvalue weighted by molar-refractivity contribution is 7.22. The van der Waals surface area contributed by atoms with Crippen LogP contribution >= 0.6 is 11.3 Å². The Morgan fingerprint density at radius 3 is 2.36 bits per heavy atom. The van der Waals surface area contributed by atoms with Crippen LogP contribution in [-0.4, -0.2) is 49.5 Å². The van der Waals surface area contributed by atoms with Crippen molar-refractivity contribution in [3.8, 4) is 27.7 Å². The van der Waals surface area contributed by atoms with Crippen LogP contribution < -0.4 is 9.47 Å². The number of ketones is 1. The zero-order valence-corrected chi connectivity index (χ0v) is 19.1. The Labute approximate surface area is 195 Å². The molecule has 0 amide bonds. The Bertz CT molecular complexity index is 1280. The largest absolute Gasteiger partial charge is 0.508 e. The van der Waals surface area contributed by atoms with E-state index in [1.807, 2.05) is 31.1 Å². The van der Waals surface area contributed by atoms with Gasteiger partial charge in [0.05, 0.1) is 0 Å². The van der Waals surface area contributed by atoms with Gasteiger partial charge in [0.15, 0.2) is 5.78 Å². The fourth-order valence-electron chi connectivity index (χ4n) is 3.45. The number of phenols is 1. The Kier molecular flexibility index (Phi) is 6.72. The quantitative estimate of drug-likeness (QED) is 0.280. The molecule has 0 aliphatic rings. The molecule has 0 unspecified atom stereocenters. The van der Waals surface area contributed by atoms with Crippen LogP contribution in [0.15, 0.2) is 66.7 Å². The van der Waals surface area contributed by atoms with Crippen LogP contribution in [0.3, 0.4) is 0 Å². The maximum Gasteiger partial charge on any atom is 0.298 e. The predicted molar refractivity (Wildman–Crippen MR) is 130 cm³/mol. The summed E-state index contributed by atoms with van der Waals surface area (Å²) in [7, 11) is 3.97. The lowest BCUT2D eigenvalue weighted by molar-refractivity contribution is -0.120. The van der Waals surface area contributed by atoms with E-state index in [4.69, 9.17) is 9.47 Å². The monoisotopic (exact) mass is 461 g/mol. The maximum atomic E-state index is 13.6. The number of aromatic hydroxyl groups is 1. The average molecular weight is 462 g/mol. The van der Waals surface area contributed by atoms with Crippen LogP contribution in [0.1, 0.15) is 15.9 Å². The van der Waals surface area contributed by atoms with Gasteiger partial charge in [-0.2, -0.15) is 0 Å². The molecule has 1 heterocycles. The van der Waals surface area contributed by atoms with Gasteiger partial charge in [0.25, 0.3) is 6.47 Å². The molecule has 33 heavy (non-hydrogen) atoms. The summed E-state index contributed by atoms with van der Waals surface area (Å²) in [6, 6.07) is 19.1. The summed E-state index contributed by atoms with van der Waals surface area (Å²) in [6.07, 6.45) is 0. The minimum atomic E-state index is -0.116. The van der Waals surface area contributed by atoms with Gasteiger partial charge >= 0.3 is 0 Å². The molecule has 0 aliphatic carbocycles. The predicted octanol–water partition coefficient (Wildman–Crippen LogP) is 4.98. The summed E-state index contributed by atoms with van der Waals surface area (Å²) >= 11 is 1.43. The molecule has 0 saturated carbocycles. The molecule has 168 valence electrons. The average Bonchev–Trinajstić information content (AvgIpc) is 3.18. The Morgan fingerprint density at radius 1 is 1.00 bits per heavy atom. The van der Waals surface area contributed by atoms with Crippen LogP contribution in [0.4, 0.5) is 0 Å². The summed E-state index contributed by atoms with van der Waals surface area (Å²) in [4.78, 5) is 27.0. The lowest BCUT2D eigenvalue weighted by atomic mass is 9.97. The van der Waals surface area contributed by atoms with E-state index in [2.05, 4.69) is 0 Å². The zero-order valence-electron chi connectivity index (χ0n) is 18.3. The van der Waals surface area contributed by atoms with E-state index in [0.29, 0.717) is 35.7 Å². The summed E-state index contributed by atoms with van der Waals surface area (Å²) in [5.74, 6) is 1.16. The molecule has 4 rings (SSSR count). The second-order valence-electron chi connectivity index (χ2n) is 7.73. The third-order valence-electron chi connectivity index (χ3n) is 5.13. The minimum absolute atomic E-state index is 0.116. The molecule has 6 nitrogen and oxygen atoms in total. The normalized spacial score (nSPS) is 11.0. The zero-order chi connectivity index (χ0) is 23.4. The molecule has 0 fully saturated rings. The van der Waals surface area contributed by atoms with Crippen molar-refractivity contribution in [2.45, 2.75) is 0 Å². The first-order chi connectivity index (χ1) is 16.0. The molecule has 1 N–H and O–H groups in total. The fourth-order valence-corrected chi connectivity index (χ4v) is 4.69. The number of nitrogens with zero attached hydrogens (tertiary/aromatic N) is 1. The molecule has 4 aromatic rings. The van der Waals surface area contributed by atoms with Crippen molar-refractivity contribution < 1.29 is 24.2 Å². The van der Waals surface area contributed by atoms with Gasteiger partial charge in [-0.3, -0.25) is 9.59 Å². The van der Waals surface area contributed by atoms with Gasteiger partial charge in [-0.25, -0.2) is 0 Å². The molecule has 0 spiro atoms. The van der Waals surface area contributed by atoms with E-state index in [1.165, 1.54) is 11.3 Å². The van der Waals surface area contributed by atoms with Crippen molar-refractivity contribution in [1.82, 2.24) is 4.90 Å². The number of thiophene rings is 1. The summed E-state index contributed by atoms with van der Waals surface area (Å²) < 4.78 is 11.4. The first-order valence-corrected chi connectivity index (χ1v) is 11.2. The Balaban J connectivity index is 1.70. The molecule has 7 heteroatoms. The maximum absolute atomic E-state index is 13.6. The first-order valence-electron chi connectivity index (χ1n) is 10.3. The number of phenolic OH excluding ortho intramolecular Hbond substituents is 1. The van der Waals surface area contributed by atoms with E-state index in [1.54, 1.807) is 54.6 Å². The highest BCUT2D eigenvalue weighted by Crippen LogP contribution is 2.41. The van der Waals surface area contributed by atoms with Crippen LogP contribution in [0, 0.1) is 0 Å². The van der Waals surface area contributed by atoms with Crippen molar-refractivity contribution in [1.29, 1.82) is 0 Å². The lowest BCUT2D eigenvalue weighted by Crippen LogP contribution is -2.19. The number of likely N-dealkylation sites (N-methyl/N-ethyl adjacent to an activating group) is 1. The standard InChI is InChI=1S/C26H23NO5S/c1-27(2)13-14-31-20-8-3-17(4-9-20)25(30)24-22-12-7-19(29)15-23(22)33-26(24)18-5-10-21(11-6-18)32-16-28/h3-12,15-16,29H,13-14H2,1-2H3. The molecule has 0 bridgehead atoms. The van der Waals surface area contributed by atoms with Gasteiger partial charge in [0.1, 0.15) is 23.9 Å². The molecular formula is C26H23NO5S. The smallest absolute Gasteiger partial charge is 0.298 e. The minimum Gasteiger partial charge on any atom is -0.508 e. The van der Waals surface area contributed by atoms with Crippen molar-refractivity contribution >= 4 is 33.7 Å². The summed E-state index contributed by atoms with van der Waals surface area (Å²) in [6.45, 7) is 1.74. The van der Waals surface area contributed by atoms with Gasteiger partial charge in [0, 0.05) is 32.6 Å². The molecule has 0 atom stereocenters. The summed E-state index contributed by atoms with van der Waals surface area (Å²) in [5, 5.41) is 10.7. The third-order valence-corrected chi connectivity index (χ3v) is 6.33. The number of carbonyl (C=O) groups is 2. The van der Waals surface area contributed by atoms with Crippen LogP contribution in [0.2, 0.25) is 0 Å². The Hall–Kier alpha value is -3.68. The van der Waals surface area contributed by atoms with Gasteiger partial charge in [0.2, 0.25) is 0 Å². The topological polar surface area (TPSA) is 76.1 Å². The highest BCUT2D eigenvalue weighted by Gasteiger charge is 2.22. The van der Waals surface area contributed by atoms with Gasteiger partial charge in [-0.15, -0.1) is 11.3 Å². The number of hydrogen-bond donors (Lipinski definition) is 1. The van der Waals surface area contributed by atoms with Crippen molar-refractivity contribution in [2.75, 3.05) is 27.2 Å². The van der Waals surface area contributed by atoms with E-state index in [0.717, 1.165) is 27.1 Å². The van der Waals surface area contributed by atoms with E-state index >= 15 is 0 Å². The lowest BCUT2D eigenvalue weighted by Gasteiger charge is -2.11. The van der Waals surface area contributed by atoms with E-state index < -0.39 is 0 Å². The van der Waals surface area contributed by atoms with E-state index in [9.17, 15) is 14.7 Å². The second kappa shape index (κ2) is 9.85.